The minimum absolute atomic E-state index is 0.104. The number of rotatable bonds is 8. The second-order valence-electron chi connectivity index (χ2n) is 8.16. The summed E-state index contributed by atoms with van der Waals surface area (Å²) in [4.78, 5) is 28.0. The van der Waals surface area contributed by atoms with Gasteiger partial charge in [0, 0.05) is 17.6 Å². The van der Waals surface area contributed by atoms with E-state index in [4.69, 9.17) is 16.3 Å². The van der Waals surface area contributed by atoms with Gasteiger partial charge in [0.25, 0.3) is 0 Å². The highest BCUT2D eigenvalue weighted by Gasteiger charge is 2.28. The van der Waals surface area contributed by atoms with Crippen LogP contribution in [0.4, 0.5) is 0 Å². The Morgan fingerprint density at radius 2 is 1.77 bits per heavy atom. The standard InChI is InChI=1S/C25H31ClN2O3/c1-18(25(30)27-21-9-4-3-5-10-21)28(17-19-12-14-22(31-2)15-13-19)24(29)16-20-8-6-7-11-23(20)26/h6-8,11-15,18,21H,3-5,9-10,16-17H2,1-2H3,(H,27,30)/t18-/m1/s1. The molecule has 0 unspecified atom stereocenters. The molecule has 31 heavy (non-hydrogen) atoms. The normalized spacial score (nSPS) is 15.2. The van der Waals surface area contributed by atoms with E-state index >= 15 is 0 Å². The van der Waals surface area contributed by atoms with E-state index in [2.05, 4.69) is 5.32 Å². The molecule has 166 valence electrons. The molecule has 2 amide bonds. The van der Waals surface area contributed by atoms with Crippen LogP contribution in [0.1, 0.15) is 50.2 Å². The molecular weight excluding hydrogens is 412 g/mol. The Morgan fingerprint density at radius 1 is 1.10 bits per heavy atom. The molecule has 5 nitrogen and oxygen atoms in total. The summed E-state index contributed by atoms with van der Waals surface area (Å²) in [5.74, 6) is 0.518. The zero-order valence-corrected chi connectivity index (χ0v) is 19.0. The van der Waals surface area contributed by atoms with E-state index in [1.165, 1.54) is 6.42 Å². The van der Waals surface area contributed by atoms with Crippen molar-refractivity contribution in [2.45, 2.75) is 64.1 Å². The number of carbonyl (C=O) groups excluding carboxylic acids is 2. The Labute approximate surface area is 189 Å². The van der Waals surface area contributed by atoms with Gasteiger partial charge < -0.3 is 15.0 Å². The molecule has 0 spiro atoms. The van der Waals surface area contributed by atoms with Crippen LogP contribution in [0.2, 0.25) is 5.02 Å². The molecule has 0 heterocycles. The van der Waals surface area contributed by atoms with Crippen molar-refractivity contribution in [1.82, 2.24) is 10.2 Å². The number of halogens is 1. The molecule has 2 aromatic rings. The van der Waals surface area contributed by atoms with Gasteiger partial charge in [-0.1, -0.05) is 61.2 Å². The number of nitrogens with zero attached hydrogens (tertiary/aromatic N) is 1. The quantitative estimate of drug-likeness (QED) is 0.641. The van der Waals surface area contributed by atoms with E-state index in [1.807, 2.05) is 42.5 Å². The molecule has 0 radical (unpaired) electrons. The number of methoxy groups -OCH3 is 1. The van der Waals surface area contributed by atoms with Crippen LogP contribution in [0.5, 0.6) is 5.75 Å². The summed E-state index contributed by atoms with van der Waals surface area (Å²) < 4.78 is 5.22. The van der Waals surface area contributed by atoms with Crippen molar-refractivity contribution in [3.05, 3.63) is 64.7 Å². The monoisotopic (exact) mass is 442 g/mol. The van der Waals surface area contributed by atoms with Crippen molar-refractivity contribution in [3.63, 3.8) is 0 Å². The van der Waals surface area contributed by atoms with Crippen molar-refractivity contribution in [2.75, 3.05) is 7.11 Å². The van der Waals surface area contributed by atoms with Gasteiger partial charge in [-0.25, -0.2) is 0 Å². The lowest BCUT2D eigenvalue weighted by atomic mass is 9.95. The molecule has 0 aliphatic heterocycles. The van der Waals surface area contributed by atoms with Gasteiger partial charge in [0.2, 0.25) is 11.8 Å². The van der Waals surface area contributed by atoms with Crippen molar-refractivity contribution in [1.29, 1.82) is 0 Å². The van der Waals surface area contributed by atoms with Gasteiger partial charge in [0.05, 0.1) is 13.5 Å². The fourth-order valence-electron chi connectivity index (χ4n) is 3.99. The van der Waals surface area contributed by atoms with Gasteiger partial charge in [-0.15, -0.1) is 0 Å². The molecule has 2 aromatic carbocycles. The molecule has 1 N–H and O–H groups in total. The third-order valence-corrected chi connectivity index (χ3v) is 6.30. The van der Waals surface area contributed by atoms with Crippen LogP contribution < -0.4 is 10.1 Å². The SMILES string of the molecule is COc1ccc(CN(C(=O)Cc2ccccc2Cl)[C@H](C)C(=O)NC2CCCCC2)cc1. The number of hydrogen-bond acceptors (Lipinski definition) is 3. The summed E-state index contributed by atoms with van der Waals surface area (Å²) in [6.07, 6.45) is 5.66. The second-order valence-corrected chi connectivity index (χ2v) is 8.56. The number of amides is 2. The molecule has 1 aliphatic carbocycles. The third kappa shape index (κ3) is 6.47. The summed E-state index contributed by atoms with van der Waals surface area (Å²) in [6.45, 7) is 2.14. The maximum atomic E-state index is 13.3. The van der Waals surface area contributed by atoms with Crippen LogP contribution in [0.3, 0.4) is 0 Å². The van der Waals surface area contributed by atoms with E-state index in [0.29, 0.717) is 11.6 Å². The van der Waals surface area contributed by atoms with Gasteiger partial charge in [0.1, 0.15) is 11.8 Å². The van der Waals surface area contributed by atoms with E-state index in [-0.39, 0.29) is 24.3 Å². The van der Waals surface area contributed by atoms with Crippen molar-refractivity contribution < 1.29 is 14.3 Å². The van der Waals surface area contributed by atoms with Crippen molar-refractivity contribution >= 4 is 23.4 Å². The zero-order valence-electron chi connectivity index (χ0n) is 18.3. The fourth-order valence-corrected chi connectivity index (χ4v) is 4.19. The first-order valence-corrected chi connectivity index (χ1v) is 11.3. The number of nitrogens with one attached hydrogen (secondary N) is 1. The zero-order chi connectivity index (χ0) is 22.2. The Kier molecular flexibility index (Phi) is 8.35. The van der Waals surface area contributed by atoms with E-state index < -0.39 is 6.04 Å². The summed E-state index contributed by atoms with van der Waals surface area (Å²) in [6, 6.07) is 14.5. The number of hydrogen-bond donors (Lipinski definition) is 1. The molecule has 6 heteroatoms. The largest absolute Gasteiger partial charge is 0.497 e. The minimum atomic E-state index is -0.584. The Bertz CT molecular complexity index is 879. The topological polar surface area (TPSA) is 58.6 Å². The smallest absolute Gasteiger partial charge is 0.242 e. The predicted molar refractivity (Wildman–Crippen MR) is 123 cm³/mol. The summed E-state index contributed by atoms with van der Waals surface area (Å²) in [5.41, 5.74) is 1.69. The first kappa shape index (κ1) is 23.1. The lowest BCUT2D eigenvalue weighted by Gasteiger charge is -2.31. The Hall–Kier alpha value is -2.53. The van der Waals surface area contributed by atoms with Crippen LogP contribution in [0.25, 0.3) is 0 Å². The average molecular weight is 443 g/mol. The van der Waals surface area contributed by atoms with E-state index in [0.717, 1.165) is 42.6 Å². The Balaban J connectivity index is 1.76. The minimum Gasteiger partial charge on any atom is -0.497 e. The van der Waals surface area contributed by atoms with E-state index in [9.17, 15) is 9.59 Å². The highest BCUT2D eigenvalue weighted by Crippen LogP contribution is 2.21. The molecule has 1 atom stereocenters. The van der Waals surface area contributed by atoms with Crippen molar-refractivity contribution in [2.24, 2.45) is 0 Å². The van der Waals surface area contributed by atoms with Crippen molar-refractivity contribution in [3.8, 4) is 5.75 Å². The predicted octanol–water partition coefficient (Wildman–Crippen LogP) is 4.76. The molecule has 3 rings (SSSR count). The van der Waals surface area contributed by atoms with Crippen LogP contribution in [-0.2, 0) is 22.6 Å². The van der Waals surface area contributed by atoms with E-state index in [1.54, 1.807) is 25.0 Å². The summed E-state index contributed by atoms with van der Waals surface area (Å²) >= 11 is 6.27. The van der Waals surface area contributed by atoms with Crippen LogP contribution in [0.15, 0.2) is 48.5 Å². The number of benzene rings is 2. The Morgan fingerprint density at radius 3 is 2.42 bits per heavy atom. The highest BCUT2D eigenvalue weighted by molar-refractivity contribution is 6.31. The first-order valence-electron chi connectivity index (χ1n) is 10.9. The second kappa shape index (κ2) is 11.2. The van der Waals surface area contributed by atoms with Gasteiger partial charge >= 0.3 is 0 Å². The van der Waals surface area contributed by atoms with Gasteiger partial charge in [0.15, 0.2) is 0 Å². The maximum Gasteiger partial charge on any atom is 0.242 e. The molecule has 0 aromatic heterocycles. The van der Waals surface area contributed by atoms with Gasteiger partial charge in [-0.2, -0.15) is 0 Å². The van der Waals surface area contributed by atoms with Crippen LogP contribution in [-0.4, -0.2) is 35.9 Å². The first-order chi connectivity index (χ1) is 15.0. The lowest BCUT2D eigenvalue weighted by Crippen LogP contribution is -2.50. The molecule has 0 bridgehead atoms. The molecule has 1 aliphatic rings. The lowest BCUT2D eigenvalue weighted by molar-refractivity contribution is -0.140. The number of ether oxygens (including phenoxy) is 1. The van der Waals surface area contributed by atoms with Crippen LogP contribution >= 0.6 is 11.6 Å². The average Bonchev–Trinajstić information content (AvgIpc) is 2.79. The third-order valence-electron chi connectivity index (χ3n) is 5.93. The fraction of sp³-hybridized carbons (Fsp3) is 0.440. The maximum absolute atomic E-state index is 13.3. The molecular formula is C25H31ClN2O3. The highest BCUT2D eigenvalue weighted by atomic mass is 35.5. The van der Waals surface area contributed by atoms with Gasteiger partial charge in [-0.05, 0) is 49.1 Å². The summed E-state index contributed by atoms with van der Waals surface area (Å²) in [5, 5.41) is 3.71. The molecule has 1 fully saturated rings. The molecule has 1 saturated carbocycles. The summed E-state index contributed by atoms with van der Waals surface area (Å²) in [7, 11) is 1.62. The number of carbonyl (C=O) groups is 2. The van der Waals surface area contributed by atoms with Crippen LogP contribution in [0, 0.1) is 0 Å². The van der Waals surface area contributed by atoms with Gasteiger partial charge in [-0.3, -0.25) is 9.59 Å². The molecule has 0 saturated heterocycles.